The van der Waals surface area contributed by atoms with Crippen molar-refractivity contribution < 1.29 is 12.8 Å². The lowest BCUT2D eigenvalue weighted by atomic mass is 10.3. The Bertz CT molecular complexity index is 751. The Morgan fingerprint density at radius 3 is 2.79 bits per heavy atom. The summed E-state index contributed by atoms with van der Waals surface area (Å²) in [6, 6.07) is 3.54. The van der Waals surface area contributed by atoms with Gasteiger partial charge in [0.15, 0.2) is 0 Å². The molecule has 1 heterocycles. The third-order valence-electron chi connectivity index (χ3n) is 2.33. The SMILES string of the molecule is Nc1c(F)cccc1S(=O)(=O)NCc1csc(=O)[nH]1. The van der Waals surface area contributed by atoms with E-state index in [1.807, 2.05) is 0 Å². The zero-order valence-electron chi connectivity index (χ0n) is 9.51. The summed E-state index contributed by atoms with van der Waals surface area (Å²) in [6.45, 7) is -0.100. The first kappa shape index (κ1) is 13.7. The molecule has 102 valence electrons. The van der Waals surface area contributed by atoms with Crippen LogP contribution in [0.2, 0.25) is 0 Å². The zero-order chi connectivity index (χ0) is 14.0. The molecule has 0 radical (unpaired) electrons. The number of thiazole rings is 1. The van der Waals surface area contributed by atoms with E-state index in [2.05, 4.69) is 9.71 Å². The molecule has 0 aliphatic heterocycles. The fraction of sp³-hybridized carbons (Fsp3) is 0.100. The molecule has 2 rings (SSSR count). The first-order valence-electron chi connectivity index (χ1n) is 5.10. The number of H-pyrrole nitrogens is 1. The van der Waals surface area contributed by atoms with Crippen molar-refractivity contribution in [1.29, 1.82) is 0 Å². The minimum Gasteiger partial charge on any atom is -0.395 e. The van der Waals surface area contributed by atoms with E-state index in [0.29, 0.717) is 5.69 Å². The molecule has 1 aromatic heterocycles. The molecule has 9 heteroatoms. The number of benzene rings is 1. The van der Waals surface area contributed by atoms with Crippen molar-refractivity contribution in [2.24, 2.45) is 0 Å². The first-order chi connectivity index (χ1) is 8.90. The lowest BCUT2D eigenvalue weighted by Crippen LogP contribution is -2.24. The molecule has 1 aromatic carbocycles. The second-order valence-corrected chi connectivity index (χ2v) is 6.23. The lowest BCUT2D eigenvalue weighted by molar-refractivity contribution is 0.578. The Kier molecular flexibility index (Phi) is 3.69. The summed E-state index contributed by atoms with van der Waals surface area (Å²) in [7, 11) is -3.93. The first-order valence-corrected chi connectivity index (χ1v) is 7.47. The van der Waals surface area contributed by atoms with Gasteiger partial charge in [-0.25, -0.2) is 17.5 Å². The Morgan fingerprint density at radius 2 is 2.16 bits per heavy atom. The molecular formula is C10H10FN3O3S2. The average molecular weight is 303 g/mol. The molecular weight excluding hydrogens is 293 g/mol. The van der Waals surface area contributed by atoms with E-state index in [9.17, 15) is 17.6 Å². The quantitative estimate of drug-likeness (QED) is 0.721. The van der Waals surface area contributed by atoms with E-state index in [4.69, 9.17) is 5.73 Å². The predicted octanol–water partition coefficient (Wildman–Crippen LogP) is 0.636. The highest BCUT2D eigenvalue weighted by Gasteiger charge is 2.19. The van der Waals surface area contributed by atoms with Crippen LogP contribution in [0.25, 0.3) is 0 Å². The van der Waals surface area contributed by atoms with Crippen molar-refractivity contribution in [2.75, 3.05) is 5.73 Å². The standard InChI is InChI=1S/C10H10FN3O3S2/c11-7-2-1-3-8(9(7)12)19(16,17)13-4-6-5-18-10(15)14-6/h1-3,5,13H,4,12H2,(H,14,15). The van der Waals surface area contributed by atoms with Crippen molar-refractivity contribution in [3.8, 4) is 0 Å². The molecule has 4 N–H and O–H groups in total. The van der Waals surface area contributed by atoms with Crippen molar-refractivity contribution in [1.82, 2.24) is 9.71 Å². The summed E-state index contributed by atoms with van der Waals surface area (Å²) < 4.78 is 39.3. The van der Waals surface area contributed by atoms with Crippen LogP contribution in [0.3, 0.4) is 0 Å². The Morgan fingerprint density at radius 1 is 1.42 bits per heavy atom. The largest absolute Gasteiger partial charge is 0.395 e. The molecule has 0 atom stereocenters. The maximum atomic E-state index is 13.2. The second kappa shape index (κ2) is 5.11. The van der Waals surface area contributed by atoms with E-state index in [1.54, 1.807) is 0 Å². The summed E-state index contributed by atoms with van der Waals surface area (Å²) in [6.07, 6.45) is 0. The third kappa shape index (κ3) is 3.00. The van der Waals surface area contributed by atoms with E-state index in [-0.39, 0.29) is 16.3 Å². The van der Waals surface area contributed by atoms with Crippen LogP contribution in [0.4, 0.5) is 10.1 Å². The van der Waals surface area contributed by atoms with Gasteiger partial charge in [-0.1, -0.05) is 17.4 Å². The second-order valence-electron chi connectivity index (χ2n) is 3.65. The Balaban J connectivity index is 2.23. The summed E-state index contributed by atoms with van der Waals surface area (Å²) >= 11 is 0.926. The Labute approximate surface area is 112 Å². The third-order valence-corrected chi connectivity index (χ3v) is 4.50. The molecule has 0 unspecified atom stereocenters. The maximum absolute atomic E-state index is 13.2. The number of aromatic nitrogens is 1. The van der Waals surface area contributed by atoms with E-state index < -0.39 is 21.5 Å². The van der Waals surface area contributed by atoms with Crippen molar-refractivity contribution in [2.45, 2.75) is 11.4 Å². The summed E-state index contributed by atoms with van der Waals surface area (Å²) in [5.41, 5.74) is 5.38. The van der Waals surface area contributed by atoms with Crippen molar-refractivity contribution in [3.63, 3.8) is 0 Å². The fourth-order valence-corrected chi connectivity index (χ4v) is 3.13. The molecule has 0 spiro atoms. The lowest BCUT2D eigenvalue weighted by Gasteiger charge is -2.08. The molecule has 0 aliphatic carbocycles. The van der Waals surface area contributed by atoms with E-state index in [0.717, 1.165) is 17.4 Å². The highest BCUT2D eigenvalue weighted by atomic mass is 32.2. The van der Waals surface area contributed by atoms with Crippen molar-refractivity contribution in [3.05, 3.63) is 44.8 Å². The molecule has 0 saturated heterocycles. The van der Waals surface area contributed by atoms with Gasteiger partial charge in [-0.3, -0.25) is 4.79 Å². The van der Waals surface area contributed by atoms with Crippen LogP contribution in [0, 0.1) is 5.82 Å². The van der Waals surface area contributed by atoms with Gasteiger partial charge in [0.1, 0.15) is 10.7 Å². The number of sulfonamides is 1. The number of aromatic amines is 1. The number of anilines is 1. The smallest absolute Gasteiger partial charge is 0.304 e. The fourth-order valence-electron chi connectivity index (χ4n) is 1.40. The molecule has 6 nitrogen and oxygen atoms in total. The van der Waals surface area contributed by atoms with Crippen LogP contribution in [-0.2, 0) is 16.6 Å². The normalized spacial score (nSPS) is 11.6. The topological polar surface area (TPSA) is 105 Å². The van der Waals surface area contributed by atoms with Gasteiger partial charge in [0.2, 0.25) is 10.0 Å². The number of hydrogen-bond acceptors (Lipinski definition) is 5. The average Bonchev–Trinajstić information content (AvgIpc) is 2.76. The monoisotopic (exact) mass is 303 g/mol. The molecule has 2 aromatic rings. The maximum Gasteiger partial charge on any atom is 0.304 e. The van der Waals surface area contributed by atoms with Gasteiger partial charge >= 0.3 is 4.87 Å². The van der Waals surface area contributed by atoms with Gasteiger partial charge < -0.3 is 10.7 Å². The number of para-hydroxylation sites is 1. The number of hydrogen-bond donors (Lipinski definition) is 3. The zero-order valence-corrected chi connectivity index (χ0v) is 11.1. The number of halogens is 1. The van der Waals surface area contributed by atoms with Gasteiger partial charge in [0, 0.05) is 11.1 Å². The van der Waals surface area contributed by atoms with Gasteiger partial charge in [-0.15, -0.1) is 0 Å². The van der Waals surface area contributed by atoms with Crippen LogP contribution in [-0.4, -0.2) is 13.4 Å². The molecule has 0 bridgehead atoms. The predicted molar refractivity (Wildman–Crippen MR) is 69.8 cm³/mol. The molecule has 0 amide bonds. The Hall–Kier alpha value is -1.71. The van der Waals surface area contributed by atoms with Gasteiger partial charge in [-0.05, 0) is 12.1 Å². The van der Waals surface area contributed by atoms with Crippen LogP contribution < -0.4 is 15.3 Å². The highest BCUT2D eigenvalue weighted by Crippen LogP contribution is 2.20. The van der Waals surface area contributed by atoms with Crippen LogP contribution >= 0.6 is 11.3 Å². The number of rotatable bonds is 4. The van der Waals surface area contributed by atoms with Gasteiger partial charge in [0.05, 0.1) is 12.2 Å². The van der Waals surface area contributed by atoms with Gasteiger partial charge in [0.25, 0.3) is 0 Å². The van der Waals surface area contributed by atoms with E-state index >= 15 is 0 Å². The van der Waals surface area contributed by atoms with Gasteiger partial charge in [-0.2, -0.15) is 0 Å². The minimum absolute atomic E-state index is 0.100. The van der Waals surface area contributed by atoms with Crippen LogP contribution in [0.1, 0.15) is 5.69 Å². The van der Waals surface area contributed by atoms with E-state index in [1.165, 1.54) is 17.5 Å². The minimum atomic E-state index is -3.93. The number of nitrogen functional groups attached to an aromatic ring is 1. The van der Waals surface area contributed by atoms with Crippen LogP contribution in [0.15, 0.2) is 33.3 Å². The van der Waals surface area contributed by atoms with Crippen molar-refractivity contribution >= 4 is 27.0 Å². The molecule has 0 fully saturated rings. The summed E-state index contributed by atoms with van der Waals surface area (Å²) in [4.78, 5) is 12.7. The van der Waals surface area contributed by atoms with Crippen LogP contribution in [0.5, 0.6) is 0 Å². The number of nitrogens with one attached hydrogen (secondary N) is 2. The molecule has 0 aliphatic rings. The summed E-state index contributed by atoms with van der Waals surface area (Å²) in [5, 5.41) is 1.50. The molecule has 19 heavy (non-hydrogen) atoms. The highest BCUT2D eigenvalue weighted by molar-refractivity contribution is 7.89. The number of nitrogens with two attached hydrogens (primary N) is 1. The summed E-state index contributed by atoms with van der Waals surface area (Å²) in [5.74, 6) is -0.799. The molecule has 0 saturated carbocycles.